The second-order valence-corrected chi connectivity index (χ2v) is 8.20. The van der Waals surface area contributed by atoms with Crippen LogP contribution in [0.2, 0.25) is 0 Å². The van der Waals surface area contributed by atoms with Crippen molar-refractivity contribution < 1.29 is 5.11 Å². The molecule has 0 radical (unpaired) electrons. The third-order valence-corrected chi connectivity index (χ3v) is 6.06. The Morgan fingerprint density at radius 3 is 1.83 bits per heavy atom. The Bertz CT molecular complexity index is 937. The SMILES string of the molecule is CCCCc1ccc(-c2ccc(-c3ccc(CCCO)cc3CC)cc2CC)cc1. The van der Waals surface area contributed by atoms with Crippen molar-refractivity contribution in [3.63, 3.8) is 0 Å². The molecule has 0 unspecified atom stereocenters. The van der Waals surface area contributed by atoms with Gasteiger partial charge >= 0.3 is 0 Å². The fourth-order valence-electron chi connectivity index (χ4n) is 4.23. The van der Waals surface area contributed by atoms with Gasteiger partial charge in [0.15, 0.2) is 0 Å². The molecule has 3 aromatic rings. The maximum absolute atomic E-state index is 9.12. The molecule has 0 aliphatic rings. The quantitative estimate of drug-likeness (QED) is 0.375. The molecule has 0 aromatic heterocycles. The Kier molecular flexibility index (Phi) is 8.28. The molecule has 0 atom stereocenters. The lowest BCUT2D eigenvalue weighted by atomic mass is 9.90. The highest BCUT2D eigenvalue weighted by atomic mass is 16.2. The summed E-state index contributed by atoms with van der Waals surface area (Å²) >= 11 is 0. The molecule has 0 spiro atoms. The van der Waals surface area contributed by atoms with Crippen LogP contribution in [-0.4, -0.2) is 11.7 Å². The summed E-state index contributed by atoms with van der Waals surface area (Å²) in [5.41, 5.74) is 10.8. The number of hydrogen-bond donors (Lipinski definition) is 1. The molecule has 0 aliphatic heterocycles. The van der Waals surface area contributed by atoms with Crippen LogP contribution in [-0.2, 0) is 25.7 Å². The van der Waals surface area contributed by atoms with Crippen LogP contribution in [0.1, 0.15) is 62.3 Å². The van der Waals surface area contributed by atoms with Gasteiger partial charge in [-0.1, -0.05) is 87.9 Å². The fraction of sp³-hybridized carbons (Fsp3) is 0.379. The topological polar surface area (TPSA) is 20.2 Å². The Balaban J connectivity index is 1.90. The first-order valence-electron chi connectivity index (χ1n) is 11.6. The predicted octanol–water partition coefficient (Wildman–Crippen LogP) is 7.41. The van der Waals surface area contributed by atoms with E-state index in [-0.39, 0.29) is 6.61 Å². The molecule has 158 valence electrons. The molecule has 1 N–H and O–H groups in total. The van der Waals surface area contributed by atoms with Crippen molar-refractivity contribution in [2.24, 2.45) is 0 Å². The van der Waals surface area contributed by atoms with Crippen molar-refractivity contribution in [1.82, 2.24) is 0 Å². The molecule has 3 rings (SSSR count). The van der Waals surface area contributed by atoms with Crippen LogP contribution in [0.25, 0.3) is 22.3 Å². The molecule has 1 nitrogen and oxygen atoms in total. The van der Waals surface area contributed by atoms with E-state index in [9.17, 15) is 0 Å². The summed E-state index contributed by atoms with van der Waals surface area (Å²) in [5.74, 6) is 0. The highest BCUT2D eigenvalue weighted by Gasteiger charge is 2.10. The van der Waals surface area contributed by atoms with Gasteiger partial charge in [-0.15, -0.1) is 0 Å². The monoisotopic (exact) mass is 400 g/mol. The van der Waals surface area contributed by atoms with E-state index in [0.29, 0.717) is 0 Å². The summed E-state index contributed by atoms with van der Waals surface area (Å²) in [7, 11) is 0. The zero-order valence-electron chi connectivity index (χ0n) is 18.9. The molecule has 30 heavy (non-hydrogen) atoms. The third kappa shape index (κ3) is 5.40. The minimum atomic E-state index is 0.254. The second kappa shape index (κ2) is 11.1. The van der Waals surface area contributed by atoms with E-state index < -0.39 is 0 Å². The minimum Gasteiger partial charge on any atom is -0.396 e. The average Bonchev–Trinajstić information content (AvgIpc) is 2.81. The lowest BCUT2D eigenvalue weighted by molar-refractivity contribution is 0.288. The molecule has 1 heteroatoms. The number of hydrogen-bond acceptors (Lipinski definition) is 1. The summed E-state index contributed by atoms with van der Waals surface area (Å²) < 4.78 is 0. The lowest BCUT2D eigenvalue weighted by Crippen LogP contribution is -1.95. The maximum Gasteiger partial charge on any atom is 0.0434 e. The first-order chi connectivity index (χ1) is 14.7. The summed E-state index contributed by atoms with van der Waals surface area (Å²) in [6, 6.07) is 22.9. The van der Waals surface area contributed by atoms with Gasteiger partial charge in [-0.25, -0.2) is 0 Å². The van der Waals surface area contributed by atoms with Crippen molar-refractivity contribution >= 4 is 0 Å². The number of unbranched alkanes of at least 4 members (excludes halogenated alkanes) is 1. The highest BCUT2D eigenvalue weighted by Crippen LogP contribution is 2.32. The van der Waals surface area contributed by atoms with Gasteiger partial charge in [0.25, 0.3) is 0 Å². The van der Waals surface area contributed by atoms with E-state index in [4.69, 9.17) is 5.11 Å². The van der Waals surface area contributed by atoms with Crippen molar-refractivity contribution in [3.8, 4) is 22.3 Å². The molecule has 0 heterocycles. The van der Waals surface area contributed by atoms with E-state index in [0.717, 1.165) is 25.7 Å². The highest BCUT2D eigenvalue weighted by molar-refractivity contribution is 5.75. The summed E-state index contributed by atoms with van der Waals surface area (Å²) in [6.07, 6.45) is 7.48. The zero-order valence-corrected chi connectivity index (χ0v) is 18.9. The minimum absolute atomic E-state index is 0.254. The normalized spacial score (nSPS) is 11.1. The first kappa shape index (κ1) is 22.3. The van der Waals surface area contributed by atoms with Gasteiger partial charge in [0, 0.05) is 6.61 Å². The average molecular weight is 401 g/mol. The van der Waals surface area contributed by atoms with E-state index in [1.165, 1.54) is 63.8 Å². The number of aryl methyl sites for hydroxylation is 4. The van der Waals surface area contributed by atoms with Gasteiger partial charge in [0.1, 0.15) is 0 Å². The molecule has 0 bridgehead atoms. The second-order valence-electron chi connectivity index (χ2n) is 8.20. The van der Waals surface area contributed by atoms with Crippen LogP contribution in [0.4, 0.5) is 0 Å². The molecule has 0 aliphatic carbocycles. The number of benzene rings is 3. The maximum atomic E-state index is 9.12. The summed E-state index contributed by atoms with van der Waals surface area (Å²) in [4.78, 5) is 0. The smallest absolute Gasteiger partial charge is 0.0434 e. The van der Waals surface area contributed by atoms with Crippen LogP contribution in [0, 0.1) is 0 Å². The van der Waals surface area contributed by atoms with Crippen molar-refractivity contribution in [2.75, 3.05) is 6.61 Å². The van der Waals surface area contributed by atoms with Gasteiger partial charge in [0.05, 0.1) is 0 Å². The Hall–Kier alpha value is -2.38. The zero-order chi connectivity index (χ0) is 21.3. The van der Waals surface area contributed by atoms with Crippen molar-refractivity contribution in [1.29, 1.82) is 0 Å². The fourth-order valence-corrected chi connectivity index (χ4v) is 4.23. The number of aliphatic hydroxyl groups is 1. The summed E-state index contributed by atoms with van der Waals surface area (Å²) in [6.45, 7) is 6.97. The Labute approximate surface area is 182 Å². The number of aliphatic hydroxyl groups excluding tert-OH is 1. The standard InChI is InChI=1S/C29H36O/c1-4-7-9-22-11-14-26(15-12-22)28-18-16-27(21-25(28)6-3)29-17-13-23(10-8-19-30)20-24(29)5-2/h11-18,20-21,30H,4-10,19H2,1-3H3. The predicted molar refractivity (Wildman–Crippen MR) is 130 cm³/mol. The molecular weight excluding hydrogens is 364 g/mol. The molecular formula is C29H36O. The summed E-state index contributed by atoms with van der Waals surface area (Å²) in [5, 5.41) is 9.12. The van der Waals surface area contributed by atoms with Gasteiger partial charge < -0.3 is 5.11 Å². The van der Waals surface area contributed by atoms with Gasteiger partial charge in [-0.05, 0) is 83.0 Å². The van der Waals surface area contributed by atoms with Crippen molar-refractivity contribution in [3.05, 3.63) is 82.9 Å². The van der Waals surface area contributed by atoms with Crippen molar-refractivity contribution in [2.45, 2.75) is 65.7 Å². The van der Waals surface area contributed by atoms with Gasteiger partial charge in [-0.2, -0.15) is 0 Å². The van der Waals surface area contributed by atoms with Crippen LogP contribution in [0.3, 0.4) is 0 Å². The third-order valence-electron chi connectivity index (χ3n) is 6.06. The Morgan fingerprint density at radius 1 is 0.600 bits per heavy atom. The van der Waals surface area contributed by atoms with Gasteiger partial charge in [-0.3, -0.25) is 0 Å². The van der Waals surface area contributed by atoms with Crippen LogP contribution >= 0.6 is 0 Å². The molecule has 0 saturated heterocycles. The van der Waals surface area contributed by atoms with E-state index in [1.807, 2.05) is 0 Å². The van der Waals surface area contributed by atoms with E-state index in [2.05, 4.69) is 81.4 Å². The largest absolute Gasteiger partial charge is 0.396 e. The van der Waals surface area contributed by atoms with Crippen LogP contribution < -0.4 is 0 Å². The number of rotatable bonds is 10. The lowest BCUT2D eigenvalue weighted by Gasteiger charge is -2.15. The van der Waals surface area contributed by atoms with Crippen LogP contribution in [0.5, 0.6) is 0 Å². The molecule has 3 aromatic carbocycles. The van der Waals surface area contributed by atoms with E-state index >= 15 is 0 Å². The molecule has 0 saturated carbocycles. The first-order valence-corrected chi connectivity index (χ1v) is 11.6. The van der Waals surface area contributed by atoms with E-state index in [1.54, 1.807) is 0 Å². The molecule has 0 amide bonds. The van der Waals surface area contributed by atoms with Crippen LogP contribution in [0.15, 0.2) is 60.7 Å². The Morgan fingerprint density at radius 2 is 1.17 bits per heavy atom. The molecule has 0 fully saturated rings. The van der Waals surface area contributed by atoms with Gasteiger partial charge in [0.2, 0.25) is 0 Å².